The summed E-state index contributed by atoms with van der Waals surface area (Å²) in [4.78, 5) is 4.16. The Morgan fingerprint density at radius 1 is 1.46 bits per heavy atom. The van der Waals surface area contributed by atoms with Crippen LogP contribution in [0.2, 0.25) is 0 Å². The zero-order valence-electron chi connectivity index (χ0n) is 8.58. The van der Waals surface area contributed by atoms with Crippen LogP contribution in [-0.2, 0) is 0 Å². The van der Waals surface area contributed by atoms with Crippen LogP contribution in [0.4, 0.5) is 0 Å². The molecule has 0 saturated heterocycles. The predicted octanol–water partition coefficient (Wildman–Crippen LogP) is 2.81. The van der Waals surface area contributed by atoms with E-state index < -0.39 is 0 Å². The van der Waals surface area contributed by atoms with E-state index in [0.29, 0.717) is 5.92 Å². The fourth-order valence-corrected chi connectivity index (χ4v) is 0.885. The molecule has 0 amide bonds. The van der Waals surface area contributed by atoms with Gasteiger partial charge in [-0.15, -0.1) is 0 Å². The van der Waals surface area contributed by atoms with E-state index in [4.69, 9.17) is 4.74 Å². The first-order valence-corrected chi connectivity index (χ1v) is 4.77. The Labute approximate surface area is 80.0 Å². The molecule has 0 aromatic carbocycles. The van der Waals surface area contributed by atoms with Gasteiger partial charge < -0.3 is 4.74 Å². The lowest BCUT2D eigenvalue weighted by Gasteiger charge is -2.09. The van der Waals surface area contributed by atoms with Gasteiger partial charge >= 0.3 is 0 Å². The maximum atomic E-state index is 5.50. The maximum Gasteiger partial charge on any atom is 0.213 e. The van der Waals surface area contributed by atoms with Crippen molar-refractivity contribution in [1.82, 2.24) is 4.98 Å². The molecule has 0 radical (unpaired) electrons. The Balaban J connectivity index is 2.41. The highest BCUT2D eigenvalue weighted by Crippen LogP contribution is 2.09. The third-order valence-electron chi connectivity index (χ3n) is 2.10. The summed E-state index contributed by atoms with van der Waals surface area (Å²) in [5, 5.41) is 0. The quantitative estimate of drug-likeness (QED) is 0.709. The molecule has 1 heterocycles. The van der Waals surface area contributed by atoms with E-state index in [-0.39, 0.29) is 0 Å². The van der Waals surface area contributed by atoms with Crippen molar-refractivity contribution in [2.24, 2.45) is 5.92 Å². The molecule has 0 aliphatic heterocycles. The second-order valence-electron chi connectivity index (χ2n) is 3.50. The molecule has 72 valence electrons. The number of hydrogen-bond donors (Lipinski definition) is 0. The summed E-state index contributed by atoms with van der Waals surface area (Å²) in [6.07, 6.45) is 2.97. The van der Waals surface area contributed by atoms with E-state index in [1.54, 1.807) is 0 Å². The van der Waals surface area contributed by atoms with Gasteiger partial charge in [0.1, 0.15) is 0 Å². The summed E-state index contributed by atoms with van der Waals surface area (Å²) in [7, 11) is 0. The number of aromatic nitrogens is 1. The first-order valence-electron chi connectivity index (χ1n) is 4.77. The molecular weight excluding hydrogens is 162 g/mol. The van der Waals surface area contributed by atoms with Crippen molar-refractivity contribution in [3.8, 4) is 5.88 Å². The van der Waals surface area contributed by atoms with Gasteiger partial charge in [0, 0.05) is 12.3 Å². The Morgan fingerprint density at radius 2 is 2.23 bits per heavy atom. The minimum atomic E-state index is 0.600. The molecule has 1 unspecified atom stereocenters. The van der Waals surface area contributed by atoms with Gasteiger partial charge in [-0.25, -0.2) is 4.98 Å². The largest absolute Gasteiger partial charge is 0.477 e. The molecule has 1 rings (SSSR count). The topological polar surface area (TPSA) is 22.1 Å². The first-order chi connectivity index (χ1) is 6.22. The summed E-state index contributed by atoms with van der Waals surface area (Å²) in [6, 6.07) is 3.93. The Bertz CT molecular complexity index is 243. The van der Waals surface area contributed by atoms with Crippen LogP contribution in [0.5, 0.6) is 5.88 Å². The highest BCUT2D eigenvalue weighted by molar-refractivity contribution is 5.16. The number of nitrogens with zero attached hydrogens (tertiary/aromatic N) is 1. The van der Waals surface area contributed by atoms with Gasteiger partial charge in [0.15, 0.2) is 0 Å². The number of aryl methyl sites for hydroxylation is 1. The van der Waals surface area contributed by atoms with Crippen molar-refractivity contribution in [3.05, 3.63) is 23.9 Å². The van der Waals surface area contributed by atoms with Crippen LogP contribution in [0.15, 0.2) is 18.3 Å². The molecule has 2 nitrogen and oxygen atoms in total. The molecule has 13 heavy (non-hydrogen) atoms. The van der Waals surface area contributed by atoms with Crippen LogP contribution in [0.25, 0.3) is 0 Å². The van der Waals surface area contributed by atoms with Gasteiger partial charge in [-0.05, 0) is 18.4 Å². The Kier molecular flexibility index (Phi) is 3.74. The average molecular weight is 179 g/mol. The van der Waals surface area contributed by atoms with E-state index in [9.17, 15) is 0 Å². The third kappa shape index (κ3) is 3.45. The molecule has 0 aliphatic carbocycles. The summed E-state index contributed by atoms with van der Waals surface area (Å²) < 4.78 is 5.50. The normalized spacial score (nSPS) is 12.5. The minimum Gasteiger partial charge on any atom is -0.477 e. The summed E-state index contributed by atoms with van der Waals surface area (Å²) in [6.45, 7) is 7.11. The fourth-order valence-electron chi connectivity index (χ4n) is 0.885. The molecule has 2 heteroatoms. The highest BCUT2D eigenvalue weighted by Gasteiger charge is 2.00. The standard InChI is InChI=1S/C11H17NO/c1-4-9(2)8-13-11-6-5-10(3)7-12-11/h5-7,9H,4,8H2,1-3H3. The monoisotopic (exact) mass is 179 g/mol. The van der Waals surface area contributed by atoms with Gasteiger partial charge in [0.05, 0.1) is 6.61 Å². The van der Waals surface area contributed by atoms with Gasteiger partial charge in [0.2, 0.25) is 5.88 Å². The molecular formula is C11H17NO. The Hall–Kier alpha value is -1.05. The van der Waals surface area contributed by atoms with E-state index in [0.717, 1.165) is 24.5 Å². The maximum absolute atomic E-state index is 5.50. The summed E-state index contributed by atoms with van der Waals surface area (Å²) >= 11 is 0. The van der Waals surface area contributed by atoms with E-state index >= 15 is 0 Å². The zero-order valence-corrected chi connectivity index (χ0v) is 8.58. The first kappa shape index (κ1) is 10.0. The van der Waals surface area contributed by atoms with Crippen LogP contribution in [0, 0.1) is 12.8 Å². The number of rotatable bonds is 4. The van der Waals surface area contributed by atoms with Gasteiger partial charge in [0.25, 0.3) is 0 Å². The van der Waals surface area contributed by atoms with Crippen LogP contribution in [0.3, 0.4) is 0 Å². The molecule has 0 aliphatic rings. The molecule has 0 fully saturated rings. The second kappa shape index (κ2) is 4.85. The average Bonchev–Trinajstić information content (AvgIpc) is 2.16. The van der Waals surface area contributed by atoms with Crippen molar-refractivity contribution >= 4 is 0 Å². The molecule has 0 N–H and O–H groups in total. The number of hydrogen-bond acceptors (Lipinski definition) is 2. The summed E-state index contributed by atoms with van der Waals surface area (Å²) in [5.74, 6) is 1.33. The van der Waals surface area contributed by atoms with Crippen molar-refractivity contribution in [3.63, 3.8) is 0 Å². The Morgan fingerprint density at radius 3 is 2.77 bits per heavy atom. The predicted molar refractivity (Wildman–Crippen MR) is 53.9 cm³/mol. The summed E-state index contributed by atoms with van der Waals surface area (Å²) in [5.41, 5.74) is 1.16. The van der Waals surface area contributed by atoms with Crippen LogP contribution < -0.4 is 4.74 Å². The van der Waals surface area contributed by atoms with Crippen molar-refractivity contribution in [2.45, 2.75) is 27.2 Å². The van der Waals surface area contributed by atoms with Gasteiger partial charge in [-0.2, -0.15) is 0 Å². The molecule has 1 atom stereocenters. The van der Waals surface area contributed by atoms with Gasteiger partial charge in [-0.1, -0.05) is 26.3 Å². The molecule has 1 aromatic rings. The molecule has 1 aromatic heterocycles. The van der Waals surface area contributed by atoms with Gasteiger partial charge in [-0.3, -0.25) is 0 Å². The van der Waals surface area contributed by atoms with E-state index in [2.05, 4.69) is 18.8 Å². The van der Waals surface area contributed by atoms with Crippen molar-refractivity contribution < 1.29 is 4.74 Å². The lowest BCUT2D eigenvalue weighted by molar-refractivity contribution is 0.247. The lowest BCUT2D eigenvalue weighted by Crippen LogP contribution is -2.07. The fraction of sp³-hybridized carbons (Fsp3) is 0.545. The van der Waals surface area contributed by atoms with Crippen molar-refractivity contribution in [2.75, 3.05) is 6.61 Å². The third-order valence-corrected chi connectivity index (χ3v) is 2.10. The lowest BCUT2D eigenvalue weighted by atomic mass is 10.1. The molecule has 0 saturated carbocycles. The minimum absolute atomic E-state index is 0.600. The van der Waals surface area contributed by atoms with E-state index in [1.165, 1.54) is 0 Å². The van der Waals surface area contributed by atoms with Crippen LogP contribution >= 0.6 is 0 Å². The van der Waals surface area contributed by atoms with Crippen LogP contribution in [0.1, 0.15) is 25.8 Å². The number of ether oxygens (including phenoxy) is 1. The molecule has 0 spiro atoms. The zero-order chi connectivity index (χ0) is 9.68. The van der Waals surface area contributed by atoms with Crippen molar-refractivity contribution in [1.29, 1.82) is 0 Å². The highest BCUT2D eigenvalue weighted by atomic mass is 16.5. The SMILES string of the molecule is CCC(C)COc1ccc(C)cn1. The van der Waals surface area contributed by atoms with E-state index in [1.807, 2.05) is 25.3 Å². The smallest absolute Gasteiger partial charge is 0.213 e. The molecule has 0 bridgehead atoms. The van der Waals surface area contributed by atoms with Crippen LogP contribution in [-0.4, -0.2) is 11.6 Å². The second-order valence-corrected chi connectivity index (χ2v) is 3.50. The number of pyridine rings is 1.